The predicted molar refractivity (Wildman–Crippen MR) is 243 cm³/mol. The number of benzene rings is 5. The molecule has 0 aliphatic heterocycles. The van der Waals surface area contributed by atoms with Gasteiger partial charge in [-0.3, -0.25) is 0 Å². The molecule has 0 aliphatic rings. The second-order valence-corrected chi connectivity index (χ2v) is 36.3. The minimum absolute atomic E-state index is 1.14. The Bertz CT molecular complexity index is 1790. The average Bonchev–Trinajstić information content (AvgIpc) is 3.15. The van der Waals surface area contributed by atoms with Crippen LogP contribution in [-0.2, 0) is 16.5 Å². The van der Waals surface area contributed by atoms with Crippen LogP contribution in [-0.4, -0.2) is 51.1 Å². The van der Waals surface area contributed by atoms with Crippen molar-refractivity contribution in [3.05, 3.63) is 176 Å². The summed E-state index contributed by atoms with van der Waals surface area (Å²) in [6, 6.07) is 50.7. The van der Waals surface area contributed by atoms with E-state index in [2.05, 4.69) is 194 Å². The first-order valence-corrected chi connectivity index (χ1v) is 33.7. The number of rotatable bonds is 15. The van der Waals surface area contributed by atoms with Crippen molar-refractivity contribution in [2.75, 3.05) is 0 Å². The van der Waals surface area contributed by atoms with Crippen molar-refractivity contribution in [2.45, 2.75) is 59.3 Å². The summed E-state index contributed by atoms with van der Waals surface area (Å²) < 4.78 is 27.9. The summed E-state index contributed by atoms with van der Waals surface area (Å²) in [5.41, 5.74) is 5.26. The fraction of sp³-hybridized carbons (Fsp3) is 0.209. The van der Waals surface area contributed by atoms with Gasteiger partial charge >= 0.3 is 17.1 Å². The zero-order valence-corrected chi connectivity index (χ0v) is 39.3. The van der Waals surface area contributed by atoms with Crippen molar-refractivity contribution in [1.82, 2.24) is 0 Å². The fourth-order valence-electron chi connectivity index (χ4n) is 6.03. The zero-order valence-electron chi connectivity index (χ0n) is 33.1. The van der Waals surface area contributed by atoms with E-state index in [0.29, 0.717) is 0 Å². The largest absolute Gasteiger partial charge is 0.433 e. The third-order valence-electron chi connectivity index (χ3n) is 8.96. The molecule has 0 saturated heterocycles. The van der Waals surface area contributed by atoms with E-state index in [1.165, 1.54) is 21.1 Å². The van der Waals surface area contributed by atoms with Gasteiger partial charge in [0.1, 0.15) is 0 Å². The third kappa shape index (κ3) is 11.1. The van der Waals surface area contributed by atoms with E-state index in [1.54, 1.807) is 0 Å². The topological polar surface area (TPSA) is 36.9 Å². The number of aryl methyl sites for hydroxylation is 1. The van der Waals surface area contributed by atoms with Gasteiger partial charge in [0, 0.05) is 0 Å². The molecule has 0 radical (unpaired) electrons. The van der Waals surface area contributed by atoms with E-state index < -0.39 is 51.1 Å². The Morgan fingerprint density at radius 3 is 1.08 bits per heavy atom. The van der Waals surface area contributed by atoms with E-state index in [4.69, 9.17) is 16.5 Å². The predicted octanol–water partition coefficient (Wildman–Crippen LogP) is 7.82. The van der Waals surface area contributed by atoms with Crippen molar-refractivity contribution in [3.63, 3.8) is 0 Å². The van der Waals surface area contributed by atoms with Crippen LogP contribution in [0.5, 0.6) is 0 Å². The molecule has 0 amide bonds. The highest BCUT2D eigenvalue weighted by molar-refractivity contribution is 7.05. The molecule has 5 rings (SSSR count). The molecule has 5 aromatic rings. The lowest BCUT2D eigenvalue weighted by Crippen LogP contribution is -2.71. The summed E-state index contributed by atoms with van der Waals surface area (Å²) in [6.45, 7) is 27.9. The number of hydrogen-bond donors (Lipinski definition) is 0. The van der Waals surface area contributed by atoms with E-state index in [-0.39, 0.29) is 0 Å². The standard InChI is InChI=1S/C25H32O2Si3.C18H26O2Si3/c1-7-28(3,4)26-30(24-14-10-8-11-15-24,25-16-12-9-13-17-25)27-29(5,6)23-20-18-22(2)19-21-23;1-6-22(4,5)20-23(19-21(2)3,17-13-9-7-10-14-17)18-15-11-8-12-16-18/h7-21H,1H2,2-6H3;6-16,21H,1H2,2-5H3. The van der Waals surface area contributed by atoms with Crippen molar-refractivity contribution < 1.29 is 16.5 Å². The highest BCUT2D eigenvalue weighted by Gasteiger charge is 2.50. The fourth-order valence-corrected chi connectivity index (χ4v) is 27.9. The lowest BCUT2D eigenvalue weighted by Gasteiger charge is -2.42. The van der Waals surface area contributed by atoms with Gasteiger partial charge in [-0.25, -0.2) is 0 Å². The first kappa shape index (κ1) is 42.5. The minimum Gasteiger partial charge on any atom is -0.433 e. The first-order valence-electron chi connectivity index (χ1n) is 18.4. The Morgan fingerprint density at radius 1 is 0.434 bits per heavy atom. The van der Waals surface area contributed by atoms with Crippen LogP contribution in [0.15, 0.2) is 170 Å². The summed E-state index contributed by atoms with van der Waals surface area (Å²) in [4.78, 5) is 0. The normalized spacial score (nSPS) is 12.5. The van der Waals surface area contributed by atoms with Crippen LogP contribution in [0.3, 0.4) is 0 Å². The lowest BCUT2D eigenvalue weighted by molar-refractivity contribution is 0.418. The van der Waals surface area contributed by atoms with Gasteiger partial charge in [-0.1, -0.05) is 163 Å². The minimum atomic E-state index is -2.98. The molecule has 0 bridgehead atoms. The molecule has 278 valence electrons. The summed E-state index contributed by atoms with van der Waals surface area (Å²) in [7, 11) is -13.5. The summed E-state index contributed by atoms with van der Waals surface area (Å²) in [5.74, 6) is 0. The molecule has 53 heavy (non-hydrogen) atoms. The van der Waals surface area contributed by atoms with Crippen LogP contribution in [0, 0.1) is 6.92 Å². The van der Waals surface area contributed by atoms with Gasteiger partial charge < -0.3 is 16.5 Å². The van der Waals surface area contributed by atoms with Gasteiger partial charge in [-0.15, -0.1) is 13.2 Å². The van der Waals surface area contributed by atoms with Crippen LogP contribution < -0.4 is 25.9 Å². The van der Waals surface area contributed by atoms with Crippen molar-refractivity contribution >= 4 is 77.0 Å². The van der Waals surface area contributed by atoms with Crippen LogP contribution >= 0.6 is 0 Å². The Morgan fingerprint density at radius 2 is 0.755 bits per heavy atom. The Labute approximate surface area is 326 Å². The van der Waals surface area contributed by atoms with Crippen LogP contribution in [0.25, 0.3) is 0 Å². The maximum atomic E-state index is 7.30. The molecule has 0 heterocycles. The molecule has 0 aliphatic carbocycles. The van der Waals surface area contributed by atoms with E-state index in [9.17, 15) is 0 Å². The molecule has 0 spiro atoms. The molecule has 10 heteroatoms. The highest BCUT2D eigenvalue weighted by atomic mass is 28.5. The molecule has 0 saturated carbocycles. The molecule has 0 fully saturated rings. The second-order valence-electron chi connectivity index (χ2n) is 15.2. The van der Waals surface area contributed by atoms with Gasteiger partial charge in [0.2, 0.25) is 25.0 Å². The Balaban J connectivity index is 0.000000245. The monoisotopic (exact) mass is 806 g/mol. The molecule has 0 unspecified atom stereocenters. The molecule has 5 aromatic carbocycles. The van der Waals surface area contributed by atoms with Gasteiger partial charge in [-0.2, -0.15) is 0 Å². The maximum Gasteiger partial charge on any atom is 0.386 e. The molecular weight excluding hydrogens is 749 g/mol. The Hall–Kier alpha value is -3.28. The first-order chi connectivity index (χ1) is 25.1. The zero-order chi connectivity index (χ0) is 38.8. The van der Waals surface area contributed by atoms with Crippen molar-refractivity contribution in [2.24, 2.45) is 0 Å². The van der Waals surface area contributed by atoms with Gasteiger partial charge in [0.15, 0.2) is 9.04 Å². The quantitative estimate of drug-likeness (QED) is 0.101. The summed E-state index contributed by atoms with van der Waals surface area (Å²) in [6.07, 6.45) is 0. The average molecular weight is 807 g/mol. The number of hydrogen-bond acceptors (Lipinski definition) is 4. The summed E-state index contributed by atoms with van der Waals surface area (Å²) in [5, 5.41) is 5.92. The lowest BCUT2D eigenvalue weighted by atomic mass is 10.2. The van der Waals surface area contributed by atoms with Crippen molar-refractivity contribution in [3.8, 4) is 0 Å². The highest BCUT2D eigenvalue weighted by Crippen LogP contribution is 2.23. The second kappa shape index (κ2) is 18.4. The van der Waals surface area contributed by atoms with E-state index in [0.717, 1.165) is 10.4 Å². The summed E-state index contributed by atoms with van der Waals surface area (Å²) >= 11 is 0. The van der Waals surface area contributed by atoms with E-state index in [1.807, 2.05) is 35.7 Å². The van der Waals surface area contributed by atoms with Gasteiger partial charge in [-0.05, 0) is 85.2 Å². The SMILES string of the molecule is C=C[Si](C)(C)O[Si](O[SiH](C)C)(c1ccccc1)c1ccccc1.C=C[Si](C)(C)O[Si](O[Si](C)(C)c1ccc(C)cc1)(c1ccccc1)c1ccccc1. The van der Waals surface area contributed by atoms with Crippen LogP contribution in [0.2, 0.25) is 52.4 Å². The molecule has 4 nitrogen and oxygen atoms in total. The van der Waals surface area contributed by atoms with Crippen LogP contribution in [0.1, 0.15) is 5.56 Å². The molecule has 0 atom stereocenters. The van der Waals surface area contributed by atoms with Gasteiger partial charge in [0.25, 0.3) is 0 Å². The third-order valence-corrected chi connectivity index (χ3v) is 29.9. The smallest absolute Gasteiger partial charge is 0.386 e. The maximum absolute atomic E-state index is 7.30. The molecule has 0 aromatic heterocycles. The van der Waals surface area contributed by atoms with Gasteiger partial charge in [0.05, 0.1) is 0 Å². The van der Waals surface area contributed by atoms with Crippen molar-refractivity contribution in [1.29, 1.82) is 0 Å². The molecular formula is C43H58O4Si6. The van der Waals surface area contributed by atoms with E-state index >= 15 is 0 Å². The van der Waals surface area contributed by atoms with Crippen LogP contribution in [0.4, 0.5) is 0 Å². The molecule has 0 N–H and O–H groups in total. The Kier molecular flexibility index (Phi) is 14.7.